The lowest BCUT2D eigenvalue weighted by Gasteiger charge is -2.17. The number of rotatable bonds is 3. The second-order valence-electron chi connectivity index (χ2n) is 5.00. The summed E-state index contributed by atoms with van der Waals surface area (Å²) in [5.41, 5.74) is 0. The Kier molecular flexibility index (Phi) is 4.15. The Morgan fingerprint density at radius 1 is 1.42 bits per heavy atom. The number of hydrogen-bond acceptors (Lipinski definition) is 3. The molecule has 0 unspecified atom stereocenters. The number of sulfonamides is 1. The fraction of sp³-hybridized carbons (Fsp3) is 0.500. The first kappa shape index (κ1) is 14.7. The number of halogens is 2. The summed E-state index contributed by atoms with van der Waals surface area (Å²) in [5, 5.41) is 0.172. The van der Waals surface area contributed by atoms with Crippen molar-refractivity contribution in [3.8, 4) is 0 Å². The van der Waals surface area contributed by atoms with Crippen LogP contribution in [0.5, 0.6) is 0 Å². The predicted molar refractivity (Wildman–Crippen MR) is 72.2 cm³/mol. The number of hydrogen-bond donors (Lipinski definition) is 1. The minimum absolute atomic E-state index is 0.172. The number of nitrogens with zero attached hydrogens (tertiary/aromatic N) is 1. The lowest BCUT2D eigenvalue weighted by molar-refractivity contribution is 0.400. The van der Waals surface area contributed by atoms with Crippen molar-refractivity contribution in [2.75, 3.05) is 20.1 Å². The molecule has 4 nitrogen and oxygen atoms in total. The molecule has 19 heavy (non-hydrogen) atoms. The Labute approximate surface area is 117 Å². The summed E-state index contributed by atoms with van der Waals surface area (Å²) in [6.07, 6.45) is 0. The topological polar surface area (TPSA) is 49.4 Å². The van der Waals surface area contributed by atoms with Crippen molar-refractivity contribution in [3.05, 3.63) is 29.0 Å². The third kappa shape index (κ3) is 3.25. The van der Waals surface area contributed by atoms with Gasteiger partial charge in [0.1, 0.15) is 10.7 Å². The Hall–Kier alpha value is -0.690. The van der Waals surface area contributed by atoms with Crippen molar-refractivity contribution < 1.29 is 12.8 Å². The van der Waals surface area contributed by atoms with Crippen LogP contribution in [-0.4, -0.2) is 39.5 Å². The van der Waals surface area contributed by atoms with Gasteiger partial charge in [0, 0.05) is 24.2 Å². The Morgan fingerprint density at radius 3 is 2.63 bits per heavy atom. The molecule has 1 fully saturated rings. The number of likely N-dealkylation sites (tertiary alicyclic amines) is 1. The molecule has 0 aromatic heterocycles. The second-order valence-corrected chi connectivity index (χ2v) is 7.12. The van der Waals surface area contributed by atoms with Crippen molar-refractivity contribution in [3.63, 3.8) is 0 Å². The van der Waals surface area contributed by atoms with Crippen LogP contribution in [0.4, 0.5) is 4.39 Å². The van der Waals surface area contributed by atoms with Crippen LogP contribution in [0, 0.1) is 11.7 Å². The molecular formula is C12H16ClFN2O2S. The van der Waals surface area contributed by atoms with Crippen molar-refractivity contribution in [2.45, 2.75) is 17.9 Å². The van der Waals surface area contributed by atoms with Gasteiger partial charge in [0.25, 0.3) is 0 Å². The fourth-order valence-corrected chi connectivity index (χ4v) is 3.87. The van der Waals surface area contributed by atoms with Gasteiger partial charge in [-0.25, -0.2) is 17.5 Å². The van der Waals surface area contributed by atoms with E-state index in [4.69, 9.17) is 11.6 Å². The van der Waals surface area contributed by atoms with E-state index >= 15 is 0 Å². The lowest BCUT2D eigenvalue weighted by atomic mass is 10.1. The summed E-state index contributed by atoms with van der Waals surface area (Å²) < 4.78 is 40.6. The highest BCUT2D eigenvalue weighted by Crippen LogP contribution is 2.21. The van der Waals surface area contributed by atoms with Gasteiger partial charge in [0.15, 0.2) is 0 Å². The molecule has 1 aliphatic heterocycles. The second kappa shape index (κ2) is 5.36. The van der Waals surface area contributed by atoms with E-state index in [1.165, 1.54) is 12.1 Å². The van der Waals surface area contributed by atoms with Crippen LogP contribution in [0.1, 0.15) is 6.92 Å². The molecule has 0 aliphatic carbocycles. The van der Waals surface area contributed by atoms with Gasteiger partial charge in [-0.15, -0.1) is 0 Å². The van der Waals surface area contributed by atoms with Crippen LogP contribution in [-0.2, 0) is 10.0 Å². The summed E-state index contributed by atoms with van der Waals surface area (Å²) in [7, 11) is -1.93. The third-order valence-electron chi connectivity index (χ3n) is 3.28. The maximum absolute atomic E-state index is 13.7. The molecule has 106 valence electrons. The Bertz CT molecular complexity index is 579. The van der Waals surface area contributed by atoms with Gasteiger partial charge in [0.05, 0.1) is 0 Å². The summed E-state index contributed by atoms with van der Waals surface area (Å²) in [6, 6.07) is 3.35. The van der Waals surface area contributed by atoms with Crippen LogP contribution in [0.3, 0.4) is 0 Å². The van der Waals surface area contributed by atoms with Crippen LogP contribution in [0.2, 0.25) is 5.02 Å². The van der Waals surface area contributed by atoms with Gasteiger partial charge >= 0.3 is 0 Å². The average Bonchev–Trinajstić information content (AvgIpc) is 2.55. The van der Waals surface area contributed by atoms with Gasteiger partial charge in [-0.2, -0.15) is 0 Å². The largest absolute Gasteiger partial charge is 0.304 e. The normalized spacial score (nSPS) is 24.8. The molecule has 1 aromatic rings. The first-order chi connectivity index (χ1) is 8.79. The molecule has 0 saturated carbocycles. The fourth-order valence-electron chi connectivity index (χ4n) is 2.32. The van der Waals surface area contributed by atoms with Crippen LogP contribution < -0.4 is 4.72 Å². The Balaban J connectivity index is 2.23. The molecule has 1 heterocycles. The molecule has 1 saturated heterocycles. The van der Waals surface area contributed by atoms with Crippen molar-refractivity contribution in [1.82, 2.24) is 9.62 Å². The van der Waals surface area contributed by atoms with Crippen LogP contribution in [0.25, 0.3) is 0 Å². The number of nitrogens with one attached hydrogen (secondary N) is 1. The Morgan fingerprint density at radius 2 is 2.11 bits per heavy atom. The first-order valence-corrected chi connectivity index (χ1v) is 7.81. The predicted octanol–water partition coefficient (Wildman–Crippen LogP) is 1.71. The van der Waals surface area contributed by atoms with Gasteiger partial charge in [-0.3, -0.25) is 0 Å². The summed E-state index contributed by atoms with van der Waals surface area (Å²) >= 11 is 5.62. The number of benzene rings is 1. The van der Waals surface area contributed by atoms with E-state index in [-0.39, 0.29) is 21.9 Å². The molecule has 1 N–H and O–H groups in total. The molecule has 7 heteroatoms. The van der Waals surface area contributed by atoms with Gasteiger partial charge in [-0.1, -0.05) is 18.5 Å². The van der Waals surface area contributed by atoms with Crippen molar-refractivity contribution >= 4 is 21.6 Å². The first-order valence-electron chi connectivity index (χ1n) is 5.95. The van der Waals surface area contributed by atoms with Crippen LogP contribution >= 0.6 is 11.6 Å². The van der Waals surface area contributed by atoms with E-state index in [1.807, 2.05) is 18.9 Å². The van der Waals surface area contributed by atoms with Gasteiger partial charge in [0.2, 0.25) is 10.0 Å². The molecule has 0 spiro atoms. The third-order valence-corrected chi connectivity index (χ3v) is 5.04. The molecule has 0 radical (unpaired) electrons. The molecule has 1 aromatic carbocycles. The summed E-state index contributed by atoms with van der Waals surface area (Å²) in [4.78, 5) is 1.68. The van der Waals surface area contributed by atoms with Crippen LogP contribution in [0.15, 0.2) is 23.1 Å². The minimum atomic E-state index is -3.86. The van der Waals surface area contributed by atoms with Gasteiger partial charge in [-0.05, 0) is 31.2 Å². The summed E-state index contributed by atoms with van der Waals surface area (Å²) in [5.74, 6) is -0.644. The monoisotopic (exact) mass is 306 g/mol. The summed E-state index contributed by atoms with van der Waals surface area (Å²) in [6.45, 7) is 3.40. The highest BCUT2D eigenvalue weighted by atomic mass is 35.5. The van der Waals surface area contributed by atoms with E-state index in [0.29, 0.717) is 6.54 Å². The van der Waals surface area contributed by atoms with E-state index in [0.717, 1.165) is 12.6 Å². The maximum atomic E-state index is 13.7. The molecular weight excluding hydrogens is 291 g/mol. The standard InChI is InChI=1S/C12H16ClFN2O2S/c1-8-6-16(2)7-11(8)15-19(17,18)12-4-3-9(13)5-10(12)14/h3-5,8,11,15H,6-7H2,1-2H3/t8-,11-/m1/s1. The highest BCUT2D eigenvalue weighted by molar-refractivity contribution is 7.89. The average molecular weight is 307 g/mol. The zero-order chi connectivity index (χ0) is 14.2. The van der Waals surface area contributed by atoms with E-state index < -0.39 is 15.8 Å². The SMILES string of the molecule is C[C@@H]1CN(C)C[C@H]1NS(=O)(=O)c1ccc(Cl)cc1F. The van der Waals surface area contributed by atoms with Gasteiger partial charge < -0.3 is 4.90 Å². The molecule has 2 atom stereocenters. The smallest absolute Gasteiger partial charge is 0.243 e. The highest BCUT2D eigenvalue weighted by Gasteiger charge is 2.32. The zero-order valence-corrected chi connectivity index (χ0v) is 12.3. The van der Waals surface area contributed by atoms with Crippen molar-refractivity contribution in [1.29, 1.82) is 0 Å². The lowest BCUT2D eigenvalue weighted by Crippen LogP contribution is -2.39. The van der Waals surface area contributed by atoms with E-state index in [9.17, 15) is 12.8 Å². The minimum Gasteiger partial charge on any atom is -0.304 e. The number of likely N-dealkylation sites (N-methyl/N-ethyl adjacent to an activating group) is 1. The van der Waals surface area contributed by atoms with E-state index in [1.54, 1.807) is 0 Å². The molecule has 1 aliphatic rings. The molecule has 2 rings (SSSR count). The molecule has 0 amide bonds. The van der Waals surface area contributed by atoms with E-state index in [2.05, 4.69) is 4.72 Å². The quantitative estimate of drug-likeness (QED) is 0.925. The van der Waals surface area contributed by atoms with Crippen molar-refractivity contribution in [2.24, 2.45) is 5.92 Å². The zero-order valence-electron chi connectivity index (χ0n) is 10.7. The maximum Gasteiger partial charge on any atom is 0.243 e. The molecule has 0 bridgehead atoms.